The van der Waals surface area contributed by atoms with Gasteiger partial charge in [0.1, 0.15) is 0 Å². The summed E-state index contributed by atoms with van der Waals surface area (Å²) in [5.74, 6) is -54.8. The average Bonchev–Trinajstić information content (AvgIpc) is 2.50. The van der Waals surface area contributed by atoms with Crippen molar-refractivity contribution in [2.24, 2.45) is 0 Å². The van der Waals surface area contributed by atoms with E-state index in [-0.39, 0.29) is 0 Å². The molecule has 0 aromatic heterocycles. The number of halogens is 20. The Morgan fingerprint density at radius 3 is 0.742 bits per heavy atom. The second-order valence-corrected chi connectivity index (χ2v) is 5.45. The summed E-state index contributed by atoms with van der Waals surface area (Å²) in [6.45, 7) is 0. The van der Waals surface area contributed by atoms with E-state index in [1.807, 2.05) is 0 Å². The van der Waals surface area contributed by atoms with E-state index in [1.54, 1.807) is 0 Å². The van der Waals surface area contributed by atoms with Gasteiger partial charge in [-0.3, -0.25) is 0 Å². The van der Waals surface area contributed by atoms with E-state index in [1.165, 1.54) is 0 Å². The predicted octanol–water partition coefficient (Wildman–Crippen LogP) is 7.11. The Hall–Kier alpha value is -1.66. The topological polar surface area (TPSA) is 0 Å². The van der Waals surface area contributed by atoms with Crippen LogP contribution < -0.4 is 0 Å². The molecule has 31 heavy (non-hydrogen) atoms. The van der Waals surface area contributed by atoms with Gasteiger partial charge in [0.25, 0.3) is 0 Å². The first-order valence-electron chi connectivity index (χ1n) is 6.44. The number of alkyl halides is 20. The largest absolute Gasteiger partial charge is 0.460 e. The van der Waals surface area contributed by atoms with Crippen molar-refractivity contribution >= 4 is 0 Å². The molecule has 0 nitrogen and oxygen atoms in total. The highest BCUT2D eigenvalue weighted by Gasteiger charge is 2.90. The van der Waals surface area contributed by atoms with Crippen LogP contribution in [0.1, 0.15) is 0 Å². The van der Waals surface area contributed by atoms with Gasteiger partial charge in [0.15, 0.2) is 0 Å². The molecule has 0 unspecified atom stereocenters. The molecule has 0 aliphatic carbocycles. The molecule has 0 saturated carbocycles. The lowest BCUT2D eigenvalue weighted by molar-refractivity contribution is -0.436. The molecular weight excluding hydrogens is 512 g/mol. The molecule has 0 aliphatic heterocycles. The minimum Gasteiger partial charge on any atom is -0.195 e. The van der Waals surface area contributed by atoms with Crippen LogP contribution in [0.3, 0.4) is 0 Å². The van der Waals surface area contributed by atoms with Crippen LogP contribution >= 0.6 is 0 Å². The van der Waals surface area contributed by atoms with Gasteiger partial charge in [0.05, 0.1) is 0 Å². The Kier molecular flexibility index (Phi) is 6.79. The number of hydrogen-bond acceptors (Lipinski definition) is 0. The maximum atomic E-state index is 13.1. The fourth-order valence-electron chi connectivity index (χ4n) is 1.39. The number of rotatable bonds is 7. The van der Waals surface area contributed by atoms with Crippen LogP contribution in [0.5, 0.6) is 0 Å². The zero-order chi connectivity index (χ0) is 25.9. The number of hydrogen-bond donors (Lipinski definition) is 0. The molecule has 20 heteroatoms. The Bertz CT molecular complexity index is 672. The van der Waals surface area contributed by atoms with Crippen molar-refractivity contribution in [3.05, 3.63) is 12.2 Å². The van der Waals surface area contributed by atoms with E-state index in [4.69, 9.17) is 0 Å². The minimum atomic E-state index is -8.44. The first-order chi connectivity index (χ1) is 13.0. The van der Waals surface area contributed by atoms with Crippen molar-refractivity contribution in [3.8, 4) is 0 Å². The summed E-state index contributed by atoms with van der Waals surface area (Å²) in [6, 6.07) is 0. The summed E-state index contributed by atoms with van der Waals surface area (Å²) in [5.41, 5.74) is 0. The second-order valence-electron chi connectivity index (χ2n) is 5.45. The van der Waals surface area contributed by atoms with E-state index < -0.39 is 66.0 Å². The monoisotopic (exact) mass is 514 g/mol. The maximum absolute atomic E-state index is 13.1. The molecule has 0 saturated heterocycles. The van der Waals surface area contributed by atoms with Crippen LogP contribution in [0, 0.1) is 0 Å². The molecule has 0 atom stereocenters. The lowest BCUT2D eigenvalue weighted by Gasteiger charge is -2.39. The highest BCUT2D eigenvalue weighted by atomic mass is 19.4. The Morgan fingerprint density at radius 1 is 0.258 bits per heavy atom. The third-order valence-electron chi connectivity index (χ3n) is 3.23. The molecular formula is C11H2F20. The molecule has 0 aliphatic rings. The SMILES string of the molecule is FC(F)(F)C(F)(F)C(F)(F)C=CC(F)(F)C(F)(F)C(F)(F)C(F)(F)C(F)(F)C(F)(F)F. The van der Waals surface area contributed by atoms with Gasteiger partial charge >= 0.3 is 53.8 Å². The molecule has 0 aromatic carbocycles. The van der Waals surface area contributed by atoms with Crippen molar-refractivity contribution in [1.29, 1.82) is 0 Å². The fourth-order valence-corrected chi connectivity index (χ4v) is 1.39. The van der Waals surface area contributed by atoms with Crippen LogP contribution in [0.2, 0.25) is 0 Å². The molecule has 0 rings (SSSR count). The van der Waals surface area contributed by atoms with Gasteiger partial charge in [-0.15, -0.1) is 0 Å². The molecule has 0 amide bonds. The van der Waals surface area contributed by atoms with Gasteiger partial charge in [-0.1, -0.05) is 0 Å². The lowest BCUT2D eigenvalue weighted by Crippen LogP contribution is -2.69. The zero-order valence-electron chi connectivity index (χ0n) is 13.2. The summed E-state index contributed by atoms with van der Waals surface area (Å²) < 4.78 is 250. The molecule has 0 radical (unpaired) electrons. The van der Waals surface area contributed by atoms with Crippen LogP contribution in [0.4, 0.5) is 87.8 Å². The van der Waals surface area contributed by atoms with E-state index in [9.17, 15) is 87.8 Å². The van der Waals surface area contributed by atoms with Crippen molar-refractivity contribution < 1.29 is 87.8 Å². The summed E-state index contributed by atoms with van der Waals surface area (Å²) in [5, 5.41) is 0. The Morgan fingerprint density at radius 2 is 0.484 bits per heavy atom. The first kappa shape index (κ1) is 29.3. The lowest BCUT2D eigenvalue weighted by atomic mass is 9.93. The van der Waals surface area contributed by atoms with Gasteiger partial charge in [-0.05, 0) is 12.2 Å². The van der Waals surface area contributed by atoms with Crippen molar-refractivity contribution in [2.45, 2.75) is 53.8 Å². The molecule has 0 spiro atoms. The second kappa shape index (κ2) is 7.17. The molecule has 0 N–H and O–H groups in total. The van der Waals surface area contributed by atoms with Crippen molar-refractivity contribution in [1.82, 2.24) is 0 Å². The highest BCUT2D eigenvalue weighted by molar-refractivity contribution is 5.18. The van der Waals surface area contributed by atoms with Crippen LogP contribution in [0.25, 0.3) is 0 Å². The van der Waals surface area contributed by atoms with Gasteiger partial charge in [0, 0.05) is 0 Å². The molecule has 0 aromatic rings. The van der Waals surface area contributed by atoms with Crippen LogP contribution in [-0.2, 0) is 0 Å². The summed E-state index contributed by atoms with van der Waals surface area (Å²) in [7, 11) is 0. The summed E-state index contributed by atoms with van der Waals surface area (Å²) >= 11 is 0. The van der Waals surface area contributed by atoms with Gasteiger partial charge in [-0.25, -0.2) is 0 Å². The summed E-state index contributed by atoms with van der Waals surface area (Å²) in [4.78, 5) is 0. The van der Waals surface area contributed by atoms with Crippen LogP contribution in [0.15, 0.2) is 12.2 Å². The third-order valence-corrected chi connectivity index (χ3v) is 3.23. The molecule has 186 valence electrons. The Labute approximate surface area is 155 Å². The van der Waals surface area contributed by atoms with Crippen LogP contribution in [-0.4, -0.2) is 53.8 Å². The van der Waals surface area contributed by atoms with Crippen molar-refractivity contribution in [2.75, 3.05) is 0 Å². The molecule has 0 bridgehead atoms. The van der Waals surface area contributed by atoms with Gasteiger partial charge < -0.3 is 0 Å². The van der Waals surface area contributed by atoms with E-state index in [2.05, 4.69) is 0 Å². The smallest absolute Gasteiger partial charge is 0.195 e. The quantitative estimate of drug-likeness (QED) is 0.251. The summed E-state index contributed by atoms with van der Waals surface area (Å²) in [6.07, 6.45) is -20.1. The highest BCUT2D eigenvalue weighted by Crippen LogP contribution is 2.60. The maximum Gasteiger partial charge on any atom is 0.460 e. The average molecular weight is 514 g/mol. The molecule has 0 heterocycles. The van der Waals surface area contributed by atoms with E-state index in [0.717, 1.165) is 0 Å². The van der Waals surface area contributed by atoms with E-state index >= 15 is 0 Å². The van der Waals surface area contributed by atoms with Crippen molar-refractivity contribution in [3.63, 3.8) is 0 Å². The fraction of sp³-hybridized carbons (Fsp3) is 0.818. The zero-order valence-corrected chi connectivity index (χ0v) is 13.2. The standard InChI is InChI=1S/C11H2F20/c12-3(13,1-2-4(14,15)6(18,19)10(26,27)28)5(16,17)7(20,21)8(22,23)9(24,25)11(29,30)31/h1-2H. The van der Waals surface area contributed by atoms with Gasteiger partial charge in [-0.2, -0.15) is 87.8 Å². The predicted molar refractivity (Wildman–Crippen MR) is 55.9 cm³/mol. The normalized spacial score (nSPS) is 16.9. The molecule has 0 fully saturated rings. The van der Waals surface area contributed by atoms with E-state index in [0.29, 0.717) is 0 Å². The Balaban J connectivity index is 6.46. The third kappa shape index (κ3) is 4.21. The van der Waals surface area contributed by atoms with Gasteiger partial charge in [0.2, 0.25) is 0 Å². The number of allylic oxidation sites excluding steroid dienone is 2. The first-order valence-corrected chi connectivity index (χ1v) is 6.44. The minimum absolute atomic E-state index is 2.50.